The van der Waals surface area contributed by atoms with Gasteiger partial charge in [-0.3, -0.25) is 9.69 Å². The predicted molar refractivity (Wildman–Crippen MR) is 128 cm³/mol. The van der Waals surface area contributed by atoms with E-state index in [0.29, 0.717) is 29.8 Å². The maximum absolute atomic E-state index is 12.9. The van der Waals surface area contributed by atoms with E-state index in [-0.39, 0.29) is 17.6 Å². The van der Waals surface area contributed by atoms with Gasteiger partial charge in [0.2, 0.25) is 17.6 Å². The van der Waals surface area contributed by atoms with Crippen LogP contribution in [0.3, 0.4) is 0 Å². The zero-order valence-corrected chi connectivity index (χ0v) is 19.7. The molecular weight excluding hydrogens is 463 g/mol. The van der Waals surface area contributed by atoms with E-state index in [4.69, 9.17) is 16.1 Å². The first-order valence-electron chi connectivity index (χ1n) is 11.0. The molecule has 0 bridgehead atoms. The summed E-state index contributed by atoms with van der Waals surface area (Å²) in [5, 5.41) is 7.73. The number of hydrogen-bond acceptors (Lipinski definition) is 6. The van der Waals surface area contributed by atoms with E-state index in [9.17, 15) is 9.18 Å². The van der Waals surface area contributed by atoms with Crippen LogP contribution in [0.4, 0.5) is 4.39 Å². The molecule has 1 aliphatic rings. The molecule has 1 aromatic heterocycles. The zero-order chi connectivity index (χ0) is 23.0. The molecule has 0 atom stereocenters. The third-order valence-corrected chi connectivity index (χ3v) is 6.86. The molecule has 3 aromatic rings. The second-order valence-corrected chi connectivity index (χ2v) is 9.58. The number of halogens is 2. The summed E-state index contributed by atoms with van der Waals surface area (Å²) in [5.41, 5.74) is 1.91. The van der Waals surface area contributed by atoms with Crippen LogP contribution < -0.4 is 5.32 Å². The lowest BCUT2D eigenvalue weighted by atomic mass is 9.96. The molecule has 1 N–H and O–H groups in total. The highest BCUT2D eigenvalue weighted by Crippen LogP contribution is 2.22. The average molecular weight is 489 g/mol. The van der Waals surface area contributed by atoms with Gasteiger partial charge < -0.3 is 9.84 Å². The van der Waals surface area contributed by atoms with Crippen LogP contribution in [0, 0.1) is 11.7 Å². The summed E-state index contributed by atoms with van der Waals surface area (Å²) in [5.74, 6) is 2.66. The van der Waals surface area contributed by atoms with Gasteiger partial charge in [0.25, 0.3) is 0 Å². The molecule has 1 amide bonds. The van der Waals surface area contributed by atoms with Crippen LogP contribution in [0.2, 0.25) is 5.02 Å². The fourth-order valence-corrected chi connectivity index (χ4v) is 4.78. The van der Waals surface area contributed by atoms with Gasteiger partial charge in [-0.2, -0.15) is 16.7 Å². The molecule has 0 radical (unpaired) electrons. The molecule has 0 saturated carbocycles. The number of piperidine rings is 1. The SMILES string of the molecule is O=C(NCCSCc1ccc(F)cc1)C1CCN(Cc2nc(-c3cccc(Cl)c3)no2)CC1. The number of nitrogens with zero attached hydrogens (tertiary/aromatic N) is 3. The molecule has 33 heavy (non-hydrogen) atoms. The molecule has 4 rings (SSSR count). The standard InChI is InChI=1S/C24H26ClFN4O2S/c25-20-3-1-2-19(14-20)23-28-22(32-29-23)15-30-11-8-18(9-12-30)24(31)27-10-13-33-16-17-4-6-21(26)7-5-17/h1-7,14,18H,8-13,15-16H2,(H,27,31). The number of rotatable bonds is 9. The summed E-state index contributed by atoms with van der Waals surface area (Å²) in [7, 11) is 0. The van der Waals surface area contributed by atoms with Crippen molar-refractivity contribution in [1.82, 2.24) is 20.4 Å². The minimum atomic E-state index is -0.221. The average Bonchev–Trinajstić information content (AvgIpc) is 3.29. The maximum Gasteiger partial charge on any atom is 0.241 e. The number of likely N-dealkylation sites (tertiary alicyclic amines) is 1. The highest BCUT2D eigenvalue weighted by atomic mass is 35.5. The number of benzene rings is 2. The molecule has 2 heterocycles. The molecule has 2 aromatic carbocycles. The summed E-state index contributed by atoms with van der Waals surface area (Å²) < 4.78 is 18.3. The topological polar surface area (TPSA) is 71.3 Å². The third kappa shape index (κ3) is 7.03. The minimum absolute atomic E-state index is 0.0352. The summed E-state index contributed by atoms with van der Waals surface area (Å²) in [6.45, 7) is 2.83. The van der Waals surface area contributed by atoms with Gasteiger partial charge in [-0.05, 0) is 55.8 Å². The molecule has 0 unspecified atom stereocenters. The van der Waals surface area contributed by atoms with Crippen molar-refractivity contribution in [3.63, 3.8) is 0 Å². The van der Waals surface area contributed by atoms with Gasteiger partial charge in [-0.15, -0.1) is 0 Å². The number of thioether (sulfide) groups is 1. The Morgan fingerprint density at radius 1 is 1.21 bits per heavy atom. The third-order valence-electron chi connectivity index (χ3n) is 5.60. The van der Waals surface area contributed by atoms with Crippen molar-refractivity contribution in [1.29, 1.82) is 0 Å². The number of carbonyl (C=O) groups is 1. The first-order chi connectivity index (χ1) is 16.1. The summed E-state index contributed by atoms with van der Waals surface area (Å²) in [6, 6.07) is 13.9. The van der Waals surface area contributed by atoms with Crippen LogP contribution in [0.15, 0.2) is 53.1 Å². The molecule has 1 fully saturated rings. The van der Waals surface area contributed by atoms with E-state index in [0.717, 1.165) is 48.6 Å². The van der Waals surface area contributed by atoms with E-state index in [1.165, 1.54) is 12.1 Å². The summed E-state index contributed by atoms with van der Waals surface area (Å²) in [6.07, 6.45) is 1.62. The Bertz CT molecular complexity index is 1050. The monoisotopic (exact) mass is 488 g/mol. The van der Waals surface area contributed by atoms with Crippen LogP contribution in [0.1, 0.15) is 24.3 Å². The van der Waals surface area contributed by atoms with Crippen molar-refractivity contribution >= 4 is 29.3 Å². The largest absolute Gasteiger partial charge is 0.355 e. The van der Waals surface area contributed by atoms with E-state index in [2.05, 4.69) is 20.4 Å². The van der Waals surface area contributed by atoms with Crippen LogP contribution >= 0.6 is 23.4 Å². The number of nitrogens with one attached hydrogen (secondary N) is 1. The van der Waals surface area contributed by atoms with Crippen molar-refractivity contribution < 1.29 is 13.7 Å². The minimum Gasteiger partial charge on any atom is -0.355 e. The van der Waals surface area contributed by atoms with Crippen molar-refractivity contribution in [2.45, 2.75) is 25.1 Å². The Balaban J connectivity index is 1.14. The number of amides is 1. The first kappa shape index (κ1) is 23.7. The van der Waals surface area contributed by atoms with Crippen LogP contribution in [-0.2, 0) is 17.1 Å². The fourth-order valence-electron chi connectivity index (χ4n) is 3.77. The van der Waals surface area contributed by atoms with Crippen molar-refractivity contribution in [3.05, 3.63) is 70.8 Å². The van der Waals surface area contributed by atoms with Gasteiger partial charge in [-0.1, -0.05) is 41.0 Å². The normalized spacial score (nSPS) is 15.0. The lowest BCUT2D eigenvalue weighted by Crippen LogP contribution is -2.40. The molecule has 1 saturated heterocycles. The second kappa shape index (κ2) is 11.6. The second-order valence-electron chi connectivity index (χ2n) is 8.04. The highest BCUT2D eigenvalue weighted by Gasteiger charge is 2.25. The van der Waals surface area contributed by atoms with Gasteiger partial charge >= 0.3 is 0 Å². The van der Waals surface area contributed by atoms with E-state index in [1.807, 2.05) is 18.2 Å². The lowest BCUT2D eigenvalue weighted by molar-refractivity contribution is -0.126. The van der Waals surface area contributed by atoms with E-state index >= 15 is 0 Å². The summed E-state index contributed by atoms with van der Waals surface area (Å²) in [4.78, 5) is 19.2. The van der Waals surface area contributed by atoms with Crippen LogP contribution in [-0.4, -0.2) is 46.3 Å². The Morgan fingerprint density at radius 3 is 2.76 bits per heavy atom. The Morgan fingerprint density at radius 2 is 2.00 bits per heavy atom. The lowest BCUT2D eigenvalue weighted by Gasteiger charge is -2.30. The number of carbonyl (C=O) groups excluding carboxylic acids is 1. The smallest absolute Gasteiger partial charge is 0.241 e. The highest BCUT2D eigenvalue weighted by molar-refractivity contribution is 7.98. The fraction of sp³-hybridized carbons (Fsp3) is 0.375. The number of hydrogen-bond donors (Lipinski definition) is 1. The Labute approximate surface area is 201 Å². The van der Waals surface area contributed by atoms with Gasteiger partial charge in [0.05, 0.1) is 6.54 Å². The summed E-state index contributed by atoms with van der Waals surface area (Å²) >= 11 is 7.76. The number of aromatic nitrogens is 2. The van der Waals surface area contributed by atoms with Crippen molar-refractivity contribution in [2.24, 2.45) is 5.92 Å². The van der Waals surface area contributed by atoms with E-state index in [1.54, 1.807) is 30.0 Å². The van der Waals surface area contributed by atoms with E-state index < -0.39 is 0 Å². The van der Waals surface area contributed by atoms with Crippen LogP contribution in [0.5, 0.6) is 0 Å². The predicted octanol–water partition coefficient (Wildman–Crippen LogP) is 4.79. The van der Waals surface area contributed by atoms with Gasteiger partial charge in [0.1, 0.15) is 5.82 Å². The van der Waals surface area contributed by atoms with Gasteiger partial charge in [0.15, 0.2) is 0 Å². The first-order valence-corrected chi connectivity index (χ1v) is 12.5. The molecule has 0 spiro atoms. The van der Waals surface area contributed by atoms with Crippen molar-refractivity contribution in [2.75, 3.05) is 25.4 Å². The quantitative estimate of drug-likeness (QED) is 0.437. The molecular formula is C24H26ClFN4O2S. The Hall–Kier alpha value is -2.42. The Kier molecular flexibility index (Phi) is 8.36. The maximum atomic E-state index is 12.9. The molecule has 1 aliphatic heterocycles. The van der Waals surface area contributed by atoms with Crippen molar-refractivity contribution in [3.8, 4) is 11.4 Å². The molecule has 0 aliphatic carbocycles. The van der Waals surface area contributed by atoms with Gasteiger partial charge in [0, 0.05) is 34.6 Å². The molecule has 9 heteroatoms. The van der Waals surface area contributed by atoms with Gasteiger partial charge in [-0.25, -0.2) is 4.39 Å². The molecule has 6 nitrogen and oxygen atoms in total. The zero-order valence-electron chi connectivity index (χ0n) is 18.2. The molecule has 174 valence electrons. The van der Waals surface area contributed by atoms with Crippen LogP contribution in [0.25, 0.3) is 11.4 Å².